The van der Waals surface area contributed by atoms with E-state index in [-0.39, 0.29) is 5.69 Å². The standard InChI is InChI=1S/C17H12FN3O2S/c18-13-5-7-14(8-6-13)21-24(22,23)15(10-19)9-12-11-20-17-4-2-1-3-16(12)17/h1-9,11,20-21H/b15-9+. The molecule has 0 spiro atoms. The molecule has 0 saturated heterocycles. The highest BCUT2D eigenvalue weighted by Crippen LogP contribution is 2.22. The molecule has 0 aliphatic carbocycles. The molecule has 5 nitrogen and oxygen atoms in total. The van der Waals surface area contributed by atoms with Crippen LogP contribution in [0.15, 0.2) is 59.6 Å². The first-order valence-corrected chi connectivity index (χ1v) is 8.44. The summed E-state index contributed by atoms with van der Waals surface area (Å²) in [5.41, 5.74) is 1.60. The van der Waals surface area contributed by atoms with Crippen LogP contribution in [-0.4, -0.2) is 13.4 Å². The lowest BCUT2D eigenvalue weighted by Crippen LogP contribution is -2.14. The number of aromatic nitrogens is 1. The highest BCUT2D eigenvalue weighted by atomic mass is 32.2. The summed E-state index contributed by atoms with van der Waals surface area (Å²) in [6.45, 7) is 0. The Bertz CT molecular complexity index is 1060. The Hall–Kier alpha value is -3.11. The lowest BCUT2D eigenvalue weighted by Gasteiger charge is -2.06. The van der Waals surface area contributed by atoms with Crippen LogP contribution in [0, 0.1) is 17.1 Å². The number of nitriles is 1. The third-order valence-corrected chi connectivity index (χ3v) is 4.70. The van der Waals surface area contributed by atoms with Gasteiger partial charge in [-0.1, -0.05) is 18.2 Å². The van der Waals surface area contributed by atoms with Crippen molar-refractivity contribution < 1.29 is 12.8 Å². The first-order valence-electron chi connectivity index (χ1n) is 6.96. The number of H-pyrrole nitrogens is 1. The minimum Gasteiger partial charge on any atom is -0.361 e. The van der Waals surface area contributed by atoms with E-state index in [9.17, 15) is 18.1 Å². The van der Waals surface area contributed by atoms with E-state index in [1.165, 1.54) is 18.2 Å². The summed E-state index contributed by atoms with van der Waals surface area (Å²) in [6, 6.07) is 13.9. The number of anilines is 1. The Balaban J connectivity index is 1.98. The Morgan fingerprint density at radius 3 is 2.58 bits per heavy atom. The molecule has 0 amide bonds. The molecule has 24 heavy (non-hydrogen) atoms. The van der Waals surface area contributed by atoms with Crippen molar-refractivity contribution in [1.29, 1.82) is 5.26 Å². The number of halogens is 1. The summed E-state index contributed by atoms with van der Waals surface area (Å²) in [5.74, 6) is -0.479. The number of para-hydroxylation sites is 1. The zero-order valence-corrected chi connectivity index (χ0v) is 13.1. The van der Waals surface area contributed by atoms with E-state index >= 15 is 0 Å². The summed E-state index contributed by atoms with van der Waals surface area (Å²) in [4.78, 5) is 2.58. The first-order chi connectivity index (χ1) is 11.5. The van der Waals surface area contributed by atoms with Gasteiger partial charge in [-0.25, -0.2) is 12.8 Å². The van der Waals surface area contributed by atoms with Crippen molar-refractivity contribution in [3.63, 3.8) is 0 Å². The lowest BCUT2D eigenvalue weighted by atomic mass is 10.1. The van der Waals surface area contributed by atoms with Crippen molar-refractivity contribution in [3.8, 4) is 6.07 Å². The largest absolute Gasteiger partial charge is 0.361 e. The van der Waals surface area contributed by atoms with Gasteiger partial charge in [0.25, 0.3) is 10.0 Å². The minimum atomic E-state index is -4.07. The quantitative estimate of drug-likeness (QED) is 0.711. The number of aromatic amines is 1. The fourth-order valence-corrected chi connectivity index (χ4v) is 3.21. The van der Waals surface area contributed by atoms with Gasteiger partial charge in [0.15, 0.2) is 4.91 Å². The molecule has 1 heterocycles. The van der Waals surface area contributed by atoms with Crippen molar-refractivity contribution in [3.05, 3.63) is 71.0 Å². The van der Waals surface area contributed by atoms with E-state index < -0.39 is 20.7 Å². The molecule has 0 radical (unpaired) electrons. The van der Waals surface area contributed by atoms with Gasteiger partial charge in [-0.2, -0.15) is 5.26 Å². The normalized spacial score (nSPS) is 12.1. The molecule has 2 aromatic carbocycles. The van der Waals surface area contributed by atoms with Gasteiger partial charge in [-0.15, -0.1) is 0 Å². The van der Waals surface area contributed by atoms with Gasteiger partial charge in [0, 0.05) is 28.4 Å². The lowest BCUT2D eigenvalue weighted by molar-refractivity contribution is 0.608. The minimum absolute atomic E-state index is 0.177. The Morgan fingerprint density at radius 1 is 1.17 bits per heavy atom. The van der Waals surface area contributed by atoms with Crippen LogP contribution in [0.3, 0.4) is 0 Å². The Labute approximate surface area is 138 Å². The van der Waals surface area contributed by atoms with Crippen LogP contribution in [0.5, 0.6) is 0 Å². The van der Waals surface area contributed by atoms with Crippen LogP contribution < -0.4 is 4.72 Å². The van der Waals surface area contributed by atoms with Crippen LogP contribution >= 0.6 is 0 Å². The van der Waals surface area contributed by atoms with Gasteiger partial charge < -0.3 is 4.98 Å². The molecule has 0 atom stereocenters. The van der Waals surface area contributed by atoms with E-state index in [2.05, 4.69) is 9.71 Å². The molecular formula is C17H12FN3O2S. The molecule has 0 aliphatic rings. The second-order valence-electron chi connectivity index (χ2n) is 5.02. The van der Waals surface area contributed by atoms with Gasteiger partial charge in [-0.05, 0) is 36.4 Å². The molecule has 0 fully saturated rings. The maximum atomic E-state index is 12.9. The van der Waals surface area contributed by atoms with Gasteiger partial charge in [-0.3, -0.25) is 4.72 Å². The Kier molecular flexibility index (Phi) is 4.06. The SMILES string of the molecule is N#C/C(=C\c1c[nH]c2ccccc12)S(=O)(=O)Nc1ccc(F)cc1. The summed E-state index contributed by atoms with van der Waals surface area (Å²) in [6.07, 6.45) is 2.93. The second-order valence-corrected chi connectivity index (χ2v) is 6.67. The molecule has 0 unspecified atom stereocenters. The van der Waals surface area contributed by atoms with Crippen molar-refractivity contribution in [1.82, 2.24) is 4.98 Å². The predicted molar refractivity (Wildman–Crippen MR) is 90.8 cm³/mol. The maximum absolute atomic E-state index is 12.9. The van der Waals surface area contributed by atoms with Crippen molar-refractivity contribution in [2.75, 3.05) is 4.72 Å². The van der Waals surface area contributed by atoms with Crippen LogP contribution in [0.2, 0.25) is 0 Å². The van der Waals surface area contributed by atoms with Crippen molar-refractivity contribution in [2.45, 2.75) is 0 Å². The number of benzene rings is 2. The smallest absolute Gasteiger partial charge is 0.272 e. The third-order valence-electron chi connectivity index (χ3n) is 3.40. The third kappa shape index (κ3) is 3.14. The fourth-order valence-electron chi connectivity index (χ4n) is 2.25. The predicted octanol–water partition coefficient (Wildman–Crippen LogP) is 3.61. The van der Waals surface area contributed by atoms with Crippen molar-refractivity contribution >= 4 is 32.7 Å². The van der Waals surface area contributed by atoms with E-state index in [0.29, 0.717) is 5.56 Å². The van der Waals surface area contributed by atoms with Crippen LogP contribution in [0.4, 0.5) is 10.1 Å². The first kappa shape index (κ1) is 15.8. The molecule has 7 heteroatoms. The number of allylic oxidation sites excluding steroid dienone is 1. The molecule has 3 aromatic rings. The number of nitrogens with zero attached hydrogens (tertiary/aromatic N) is 1. The van der Waals surface area contributed by atoms with Crippen LogP contribution in [-0.2, 0) is 10.0 Å². The average Bonchev–Trinajstić information content (AvgIpc) is 2.97. The number of nitrogens with one attached hydrogen (secondary N) is 2. The maximum Gasteiger partial charge on any atom is 0.272 e. The molecule has 0 aliphatic heterocycles. The molecular weight excluding hydrogens is 329 g/mol. The molecule has 120 valence electrons. The molecule has 0 saturated carbocycles. The number of rotatable bonds is 4. The highest BCUT2D eigenvalue weighted by molar-refractivity contribution is 7.96. The molecule has 1 aromatic heterocycles. The van der Waals surface area contributed by atoms with Gasteiger partial charge in [0.2, 0.25) is 0 Å². The monoisotopic (exact) mass is 341 g/mol. The molecule has 2 N–H and O–H groups in total. The number of hydrogen-bond acceptors (Lipinski definition) is 3. The summed E-state index contributed by atoms with van der Waals surface area (Å²) >= 11 is 0. The highest BCUT2D eigenvalue weighted by Gasteiger charge is 2.18. The number of hydrogen-bond donors (Lipinski definition) is 2. The summed E-state index contributed by atoms with van der Waals surface area (Å²) < 4.78 is 39.9. The molecule has 3 rings (SSSR count). The van der Waals surface area contributed by atoms with Gasteiger partial charge in [0.1, 0.15) is 11.9 Å². The number of sulfonamides is 1. The second kappa shape index (κ2) is 6.18. The van der Waals surface area contributed by atoms with E-state index in [1.54, 1.807) is 12.3 Å². The van der Waals surface area contributed by atoms with E-state index in [1.807, 2.05) is 24.3 Å². The summed E-state index contributed by atoms with van der Waals surface area (Å²) in [5, 5.41) is 10.1. The summed E-state index contributed by atoms with van der Waals surface area (Å²) in [7, 11) is -4.07. The van der Waals surface area contributed by atoms with Gasteiger partial charge >= 0.3 is 0 Å². The molecule has 0 bridgehead atoms. The van der Waals surface area contributed by atoms with Crippen LogP contribution in [0.25, 0.3) is 17.0 Å². The van der Waals surface area contributed by atoms with Crippen LogP contribution in [0.1, 0.15) is 5.56 Å². The van der Waals surface area contributed by atoms with E-state index in [0.717, 1.165) is 23.0 Å². The average molecular weight is 341 g/mol. The van der Waals surface area contributed by atoms with Gasteiger partial charge in [0.05, 0.1) is 0 Å². The Morgan fingerprint density at radius 2 is 1.88 bits per heavy atom. The zero-order chi connectivity index (χ0) is 17.2. The topological polar surface area (TPSA) is 85.8 Å². The fraction of sp³-hybridized carbons (Fsp3) is 0. The van der Waals surface area contributed by atoms with Crippen molar-refractivity contribution in [2.24, 2.45) is 0 Å². The zero-order valence-electron chi connectivity index (χ0n) is 12.3. The van der Waals surface area contributed by atoms with E-state index in [4.69, 9.17) is 0 Å². The number of fused-ring (bicyclic) bond motifs is 1.